The third-order valence-corrected chi connectivity index (χ3v) is 5.82. The van der Waals surface area contributed by atoms with Crippen LogP contribution < -0.4 is 5.32 Å². The number of carbonyl (C=O) groups is 3. The second kappa shape index (κ2) is 9.24. The van der Waals surface area contributed by atoms with Crippen LogP contribution >= 0.6 is 11.6 Å². The Labute approximate surface area is 187 Å². The molecule has 1 atom stereocenters. The summed E-state index contributed by atoms with van der Waals surface area (Å²) in [5, 5.41) is 2.17. The van der Waals surface area contributed by atoms with E-state index in [0.29, 0.717) is 17.7 Å². The lowest BCUT2D eigenvalue weighted by molar-refractivity contribution is -0.138. The standard InChI is InChI=1S/C20H23ClF3N3O5/c1-19(17(29)27(18(30)25-19)11-32-6-5-31-2)4-3-16(28)26-9-12-7-14(20(22,23)24)15(21)8-13(12)10-26/h7-8H,3-6,9-11H2,1-2H3,(H,25,30)/t19-/m1/s1. The third-order valence-electron chi connectivity index (χ3n) is 5.51. The molecule has 0 aliphatic carbocycles. The van der Waals surface area contributed by atoms with Crippen LogP contribution in [0.3, 0.4) is 0 Å². The lowest BCUT2D eigenvalue weighted by Gasteiger charge is -2.23. The second-order valence-electron chi connectivity index (χ2n) is 7.87. The Balaban J connectivity index is 1.58. The van der Waals surface area contributed by atoms with Gasteiger partial charge >= 0.3 is 12.2 Å². The highest BCUT2D eigenvalue weighted by Crippen LogP contribution is 2.38. The number of halogens is 4. The number of hydrogen-bond donors (Lipinski definition) is 1. The molecular formula is C20H23ClF3N3O5. The molecule has 2 heterocycles. The van der Waals surface area contributed by atoms with Crippen LogP contribution in [0.1, 0.15) is 36.5 Å². The highest BCUT2D eigenvalue weighted by molar-refractivity contribution is 6.31. The van der Waals surface area contributed by atoms with Crippen molar-refractivity contribution < 1.29 is 37.0 Å². The van der Waals surface area contributed by atoms with Crippen LogP contribution in [0, 0.1) is 0 Å². The van der Waals surface area contributed by atoms with Crippen molar-refractivity contribution in [2.45, 2.75) is 44.6 Å². The van der Waals surface area contributed by atoms with Crippen LogP contribution in [0.4, 0.5) is 18.0 Å². The van der Waals surface area contributed by atoms with Gasteiger partial charge in [-0.1, -0.05) is 11.6 Å². The molecule has 3 rings (SSSR count). The SMILES string of the molecule is COCCOCN1C(=O)N[C@](C)(CCC(=O)N2Cc3cc(Cl)c(C(F)(F)F)cc3C2)C1=O. The molecular weight excluding hydrogens is 455 g/mol. The van der Waals surface area contributed by atoms with Gasteiger partial charge in [0.05, 0.1) is 23.8 Å². The van der Waals surface area contributed by atoms with E-state index >= 15 is 0 Å². The molecule has 0 radical (unpaired) electrons. The normalized spacial score (nSPS) is 20.7. The van der Waals surface area contributed by atoms with Crippen LogP contribution in [0.2, 0.25) is 5.02 Å². The number of nitrogens with one attached hydrogen (secondary N) is 1. The quantitative estimate of drug-likeness (QED) is 0.459. The molecule has 1 fully saturated rings. The monoisotopic (exact) mass is 477 g/mol. The van der Waals surface area contributed by atoms with Crippen molar-refractivity contribution in [1.29, 1.82) is 0 Å². The fourth-order valence-electron chi connectivity index (χ4n) is 3.66. The molecule has 0 saturated carbocycles. The average Bonchev–Trinajstić information content (AvgIpc) is 3.21. The Kier molecular flexibility index (Phi) is 7.01. The number of imide groups is 1. The van der Waals surface area contributed by atoms with Crippen LogP contribution in [0.5, 0.6) is 0 Å². The largest absolute Gasteiger partial charge is 0.417 e. The Morgan fingerprint density at radius 1 is 1.22 bits per heavy atom. The molecule has 1 aromatic rings. The van der Waals surface area contributed by atoms with E-state index in [-0.39, 0.29) is 45.2 Å². The van der Waals surface area contributed by atoms with E-state index < -0.39 is 34.2 Å². The van der Waals surface area contributed by atoms with Gasteiger partial charge in [-0.15, -0.1) is 0 Å². The molecule has 32 heavy (non-hydrogen) atoms. The maximum atomic E-state index is 13.1. The van der Waals surface area contributed by atoms with E-state index in [2.05, 4.69) is 5.32 Å². The van der Waals surface area contributed by atoms with Gasteiger partial charge < -0.3 is 19.7 Å². The summed E-state index contributed by atoms with van der Waals surface area (Å²) in [6, 6.07) is 1.58. The van der Waals surface area contributed by atoms with Crippen LogP contribution in [-0.2, 0) is 38.3 Å². The first-order chi connectivity index (χ1) is 15.0. The van der Waals surface area contributed by atoms with Gasteiger partial charge in [-0.3, -0.25) is 9.59 Å². The van der Waals surface area contributed by atoms with Crippen LogP contribution in [0.25, 0.3) is 0 Å². The summed E-state index contributed by atoms with van der Waals surface area (Å²) >= 11 is 5.76. The van der Waals surface area contributed by atoms with E-state index in [1.165, 1.54) is 25.0 Å². The van der Waals surface area contributed by atoms with Crippen molar-refractivity contribution in [2.75, 3.05) is 27.1 Å². The van der Waals surface area contributed by atoms with Gasteiger partial charge in [0.15, 0.2) is 0 Å². The number of amides is 4. The first-order valence-corrected chi connectivity index (χ1v) is 10.2. The number of carbonyl (C=O) groups excluding carboxylic acids is 3. The summed E-state index contributed by atoms with van der Waals surface area (Å²) in [7, 11) is 1.49. The van der Waals surface area contributed by atoms with Gasteiger partial charge in [0.2, 0.25) is 5.91 Å². The summed E-state index contributed by atoms with van der Waals surface area (Å²) in [5.41, 5.74) is -1.29. The highest BCUT2D eigenvalue weighted by Gasteiger charge is 2.48. The fraction of sp³-hybridized carbons (Fsp3) is 0.550. The molecule has 0 bridgehead atoms. The molecule has 1 saturated heterocycles. The van der Waals surface area contributed by atoms with E-state index in [1.54, 1.807) is 0 Å². The van der Waals surface area contributed by atoms with Crippen molar-refractivity contribution in [1.82, 2.24) is 15.1 Å². The van der Waals surface area contributed by atoms with E-state index in [4.69, 9.17) is 21.1 Å². The molecule has 2 aliphatic heterocycles. The highest BCUT2D eigenvalue weighted by atomic mass is 35.5. The first kappa shape index (κ1) is 24.3. The molecule has 0 unspecified atom stereocenters. The lowest BCUT2D eigenvalue weighted by atomic mass is 9.95. The molecule has 1 aromatic carbocycles. The smallest absolute Gasteiger partial charge is 0.382 e. The number of ether oxygens (including phenoxy) is 2. The van der Waals surface area contributed by atoms with Gasteiger partial charge in [-0.2, -0.15) is 13.2 Å². The van der Waals surface area contributed by atoms with E-state index in [1.807, 2.05) is 0 Å². The number of urea groups is 1. The number of fused-ring (bicyclic) bond motifs is 1. The topological polar surface area (TPSA) is 88.2 Å². The average molecular weight is 478 g/mol. The maximum Gasteiger partial charge on any atom is 0.417 e. The zero-order chi connectivity index (χ0) is 23.7. The molecule has 0 aromatic heterocycles. The minimum atomic E-state index is -4.58. The summed E-state index contributed by atoms with van der Waals surface area (Å²) in [5.74, 6) is -0.858. The van der Waals surface area contributed by atoms with Crippen LogP contribution in [-0.4, -0.2) is 60.2 Å². The number of methoxy groups -OCH3 is 1. The second-order valence-corrected chi connectivity index (χ2v) is 8.28. The minimum absolute atomic E-state index is 0.0187. The molecule has 0 spiro atoms. The Morgan fingerprint density at radius 2 is 1.88 bits per heavy atom. The third kappa shape index (κ3) is 5.00. The summed E-state index contributed by atoms with van der Waals surface area (Å²) in [6.07, 6.45) is -4.63. The number of nitrogens with zero attached hydrogens (tertiary/aromatic N) is 2. The Morgan fingerprint density at radius 3 is 2.50 bits per heavy atom. The van der Waals surface area contributed by atoms with E-state index in [0.717, 1.165) is 11.0 Å². The van der Waals surface area contributed by atoms with Crippen molar-refractivity contribution in [3.8, 4) is 0 Å². The summed E-state index contributed by atoms with van der Waals surface area (Å²) in [4.78, 5) is 39.8. The van der Waals surface area contributed by atoms with Crippen molar-refractivity contribution in [2.24, 2.45) is 0 Å². The van der Waals surface area contributed by atoms with Gasteiger partial charge in [0.25, 0.3) is 5.91 Å². The zero-order valence-corrected chi connectivity index (χ0v) is 18.3. The molecule has 1 N–H and O–H groups in total. The summed E-state index contributed by atoms with van der Waals surface area (Å²) in [6.45, 7) is 1.94. The molecule has 176 valence electrons. The predicted octanol–water partition coefficient (Wildman–Crippen LogP) is 2.91. The number of benzene rings is 1. The number of hydrogen-bond acceptors (Lipinski definition) is 5. The van der Waals surface area contributed by atoms with Crippen molar-refractivity contribution in [3.63, 3.8) is 0 Å². The fourth-order valence-corrected chi connectivity index (χ4v) is 3.95. The van der Waals surface area contributed by atoms with Gasteiger partial charge in [0.1, 0.15) is 12.3 Å². The van der Waals surface area contributed by atoms with Gasteiger partial charge in [-0.05, 0) is 36.6 Å². The Bertz CT molecular complexity index is 926. The summed E-state index contributed by atoms with van der Waals surface area (Å²) < 4.78 is 49.3. The molecule has 8 nitrogen and oxygen atoms in total. The van der Waals surface area contributed by atoms with Crippen molar-refractivity contribution >= 4 is 29.4 Å². The van der Waals surface area contributed by atoms with Gasteiger partial charge in [-0.25, -0.2) is 9.69 Å². The zero-order valence-electron chi connectivity index (χ0n) is 17.6. The van der Waals surface area contributed by atoms with Crippen LogP contribution in [0.15, 0.2) is 12.1 Å². The number of rotatable bonds is 8. The van der Waals surface area contributed by atoms with Crippen molar-refractivity contribution in [3.05, 3.63) is 33.8 Å². The number of alkyl halides is 3. The van der Waals surface area contributed by atoms with Gasteiger partial charge in [0, 0.05) is 26.6 Å². The Hall–Kier alpha value is -2.37. The molecule has 2 aliphatic rings. The molecule has 12 heteroatoms. The van der Waals surface area contributed by atoms with E-state index in [9.17, 15) is 27.6 Å². The lowest BCUT2D eigenvalue weighted by Crippen LogP contribution is -2.45. The maximum absolute atomic E-state index is 13.1. The molecule has 4 amide bonds. The first-order valence-electron chi connectivity index (χ1n) is 9.83. The minimum Gasteiger partial charge on any atom is -0.382 e. The predicted molar refractivity (Wildman–Crippen MR) is 106 cm³/mol.